The maximum absolute atomic E-state index is 12.7. The molecule has 0 bridgehead atoms. The first-order valence-corrected chi connectivity index (χ1v) is 10.1. The van der Waals surface area contributed by atoms with Crippen LogP contribution in [0.4, 0.5) is 11.5 Å². The summed E-state index contributed by atoms with van der Waals surface area (Å²) in [5.74, 6) is 1.30. The second-order valence-corrected chi connectivity index (χ2v) is 8.48. The van der Waals surface area contributed by atoms with Gasteiger partial charge in [-0.05, 0) is 45.7 Å². The van der Waals surface area contributed by atoms with Crippen LogP contribution in [0.2, 0.25) is 0 Å². The number of aromatic nitrogens is 1. The molecule has 30 heavy (non-hydrogen) atoms. The number of hydrogen-bond acceptors (Lipinski definition) is 6. The molecule has 0 atom stereocenters. The Balaban J connectivity index is 1.59. The zero-order chi connectivity index (χ0) is 21.5. The molecule has 0 saturated carbocycles. The number of anilines is 2. The van der Waals surface area contributed by atoms with E-state index in [4.69, 9.17) is 14.2 Å². The molecule has 1 amide bonds. The molecule has 0 spiro atoms. The summed E-state index contributed by atoms with van der Waals surface area (Å²) in [6.45, 7) is 7.34. The van der Waals surface area contributed by atoms with Crippen LogP contribution in [0.25, 0.3) is 0 Å². The summed E-state index contributed by atoms with van der Waals surface area (Å²) in [7, 11) is 1.51. The number of ether oxygens (including phenoxy) is 3. The van der Waals surface area contributed by atoms with E-state index in [1.807, 2.05) is 36.6 Å². The molecule has 1 aromatic heterocycles. The number of benzene rings is 1. The van der Waals surface area contributed by atoms with Crippen molar-refractivity contribution in [3.63, 3.8) is 0 Å². The Morgan fingerprint density at radius 1 is 1.13 bits per heavy atom. The summed E-state index contributed by atoms with van der Waals surface area (Å²) >= 11 is 0. The molecule has 160 valence electrons. The van der Waals surface area contributed by atoms with Crippen molar-refractivity contribution in [3.8, 4) is 11.5 Å². The Labute approximate surface area is 175 Å². The molecule has 1 aromatic carbocycles. The van der Waals surface area contributed by atoms with E-state index < -0.39 is 11.6 Å². The maximum atomic E-state index is 12.7. The fraction of sp³-hybridized carbons (Fsp3) is 0.455. The molecule has 0 unspecified atom stereocenters. The first-order chi connectivity index (χ1) is 14.3. The van der Waals surface area contributed by atoms with Crippen molar-refractivity contribution in [2.24, 2.45) is 0 Å². The Bertz CT molecular complexity index is 970. The van der Waals surface area contributed by atoms with E-state index in [-0.39, 0.29) is 5.91 Å². The van der Waals surface area contributed by atoms with Crippen LogP contribution in [0, 0.1) is 0 Å². The summed E-state index contributed by atoms with van der Waals surface area (Å²) < 4.78 is 16.7. The van der Waals surface area contributed by atoms with Crippen molar-refractivity contribution in [1.82, 2.24) is 9.88 Å². The van der Waals surface area contributed by atoms with E-state index in [2.05, 4.69) is 4.98 Å². The Kier molecular flexibility index (Phi) is 5.09. The number of rotatable bonds is 4. The minimum Gasteiger partial charge on any atom is -0.496 e. The number of H-pyrrole nitrogens is 1. The Hall–Kier alpha value is -3.16. The molecule has 4 rings (SSSR count). The van der Waals surface area contributed by atoms with Crippen LogP contribution in [0.3, 0.4) is 0 Å². The Morgan fingerprint density at radius 3 is 2.53 bits per heavy atom. The van der Waals surface area contributed by atoms with Crippen molar-refractivity contribution < 1.29 is 23.8 Å². The molecule has 3 heterocycles. The lowest BCUT2D eigenvalue weighted by Crippen LogP contribution is -2.28. The summed E-state index contributed by atoms with van der Waals surface area (Å²) in [6.07, 6.45) is 2.08. The summed E-state index contributed by atoms with van der Waals surface area (Å²) in [4.78, 5) is 32.1. The van der Waals surface area contributed by atoms with Crippen molar-refractivity contribution in [2.75, 3.05) is 31.8 Å². The van der Waals surface area contributed by atoms with Crippen LogP contribution in [0.15, 0.2) is 24.3 Å². The number of fused-ring (bicyclic) bond motifs is 1. The van der Waals surface area contributed by atoms with Gasteiger partial charge in [-0.1, -0.05) is 0 Å². The lowest BCUT2D eigenvalue weighted by Gasteiger charge is -2.21. The van der Waals surface area contributed by atoms with Crippen molar-refractivity contribution >= 4 is 23.4 Å². The zero-order valence-corrected chi connectivity index (χ0v) is 17.8. The van der Waals surface area contributed by atoms with Gasteiger partial charge in [0.2, 0.25) is 0 Å². The summed E-state index contributed by atoms with van der Waals surface area (Å²) in [6, 6.07) is 7.01. The van der Waals surface area contributed by atoms with Gasteiger partial charge in [-0.15, -0.1) is 0 Å². The smallest absolute Gasteiger partial charge is 0.342 e. The molecule has 1 N–H and O–H groups in total. The third kappa shape index (κ3) is 3.81. The van der Waals surface area contributed by atoms with Crippen LogP contribution >= 0.6 is 0 Å². The maximum Gasteiger partial charge on any atom is 0.342 e. The fourth-order valence-corrected chi connectivity index (χ4v) is 3.69. The second-order valence-electron chi connectivity index (χ2n) is 8.48. The monoisotopic (exact) mass is 413 g/mol. The number of nitrogens with zero attached hydrogens (tertiary/aromatic N) is 2. The zero-order valence-electron chi connectivity index (χ0n) is 17.8. The van der Waals surface area contributed by atoms with Gasteiger partial charge in [-0.25, -0.2) is 4.79 Å². The molecule has 2 aliphatic heterocycles. The molecular weight excluding hydrogens is 386 g/mol. The van der Waals surface area contributed by atoms with Gasteiger partial charge in [0.25, 0.3) is 5.91 Å². The van der Waals surface area contributed by atoms with Crippen molar-refractivity contribution in [1.29, 1.82) is 0 Å². The highest BCUT2D eigenvalue weighted by Gasteiger charge is 2.30. The normalized spacial score (nSPS) is 15.7. The highest BCUT2D eigenvalue weighted by molar-refractivity contribution is 5.95. The van der Waals surface area contributed by atoms with Crippen molar-refractivity contribution in [3.05, 3.63) is 35.5 Å². The van der Waals surface area contributed by atoms with E-state index in [1.165, 1.54) is 7.11 Å². The third-order valence-corrected chi connectivity index (χ3v) is 5.12. The molecule has 0 aliphatic carbocycles. The van der Waals surface area contributed by atoms with Gasteiger partial charge < -0.3 is 24.1 Å². The van der Waals surface area contributed by atoms with Gasteiger partial charge in [0.15, 0.2) is 18.3 Å². The van der Waals surface area contributed by atoms with Gasteiger partial charge in [-0.2, -0.15) is 0 Å². The molecule has 8 nitrogen and oxygen atoms in total. The molecule has 1 fully saturated rings. The number of nitrogens with one attached hydrogen (secondary N) is 1. The molecule has 0 radical (unpaired) electrons. The quantitative estimate of drug-likeness (QED) is 0.770. The minimum atomic E-state index is -0.596. The van der Waals surface area contributed by atoms with Gasteiger partial charge in [-0.3, -0.25) is 9.69 Å². The number of amides is 1. The summed E-state index contributed by atoms with van der Waals surface area (Å²) in [5.41, 5.74) is 1.05. The number of carbonyl (C=O) groups is 2. The van der Waals surface area contributed by atoms with E-state index in [9.17, 15) is 9.59 Å². The highest BCUT2D eigenvalue weighted by Crippen LogP contribution is 2.40. The van der Waals surface area contributed by atoms with E-state index in [0.29, 0.717) is 35.3 Å². The van der Waals surface area contributed by atoms with E-state index in [1.54, 1.807) is 18.2 Å². The van der Waals surface area contributed by atoms with E-state index >= 15 is 0 Å². The minimum absolute atomic E-state index is 0.0108. The second kappa shape index (κ2) is 7.59. The van der Waals surface area contributed by atoms with Crippen LogP contribution in [0.1, 0.15) is 54.5 Å². The largest absolute Gasteiger partial charge is 0.496 e. The van der Waals surface area contributed by atoms with Gasteiger partial charge in [0.05, 0.1) is 7.11 Å². The van der Waals surface area contributed by atoms with Gasteiger partial charge in [0.1, 0.15) is 22.6 Å². The average molecular weight is 413 g/mol. The van der Waals surface area contributed by atoms with Gasteiger partial charge in [0, 0.05) is 30.9 Å². The SMILES string of the molecule is COc1cc(N2COc3cc(C(=O)N4CCCC4)[nH]c32)ccc1C(=O)OC(C)(C)C. The first-order valence-electron chi connectivity index (χ1n) is 10.1. The number of aromatic amines is 1. The van der Waals surface area contributed by atoms with E-state index in [0.717, 1.165) is 31.6 Å². The lowest BCUT2D eigenvalue weighted by molar-refractivity contribution is 0.00664. The molecule has 8 heteroatoms. The third-order valence-electron chi connectivity index (χ3n) is 5.12. The first kappa shape index (κ1) is 20.1. The molecule has 1 saturated heterocycles. The van der Waals surface area contributed by atoms with Crippen molar-refractivity contribution in [2.45, 2.75) is 39.2 Å². The van der Waals surface area contributed by atoms with Crippen LogP contribution in [0.5, 0.6) is 11.5 Å². The Morgan fingerprint density at radius 2 is 1.87 bits per heavy atom. The highest BCUT2D eigenvalue weighted by atomic mass is 16.6. The number of hydrogen-bond donors (Lipinski definition) is 1. The topological polar surface area (TPSA) is 84.1 Å². The summed E-state index contributed by atoms with van der Waals surface area (Å²) in [5, 5.41) is 0. The number of esters is 1. The number of methoxy groups -OCH3 is 1. The number of likely N-dealkylation sites (tertiary alicyclic amines) is 1. The molecule has 2 aliphatic rings. The predicted molar refractivity (Wildman–Crippen MR) is 112 cm³/mol. The fourth-order valence-electron chi connectivity index (χ4n) is 3.69. The standard InChI is InChI=1S/C22H27N3O5/c1-22(2,3)30-21(27)15-8-7-14(11-17(15)28-4)25-13-29-18-12-16(23-19(18)25)20(26)24-9-5-6-10-24/h7-8,11-12,23H,5-6,9-10,13H2,1-4H3. The van der Waals surface area contributed by atoms with Crippen LogP contribution < -0.4 is 14.4 Å². The number of carbonyl (C=O) groups excluding carboxylic acids is 2. The van der Waals surface area contributed by atoms with Crippen LogP contribution in [-0.4, -0.2) is 54.3 Å². The average Bonchev–Trinajstić information content (AvgIpc) is 3.42. The molecule has 2 aromatic rings. The van der Waals surface area contributed by atoms with Gasteiger partial charge >= 0.3 is 5.97 Å². The lowest BCUT2D eigenvalue weighted by atomic mass is 10.1. The van der Waals surface area contributed by atoms with Crippen LogP contribution in [-0.2, 0) is 4.74 Å². The molecular formula is C22H27N3O5. The predicted octanol–water partition coefficient (Wildman–Crippen LogP) is 3.70.